The molecule has 0 atom stereocenters. The third-order valence-corrected chi connectivity index (χ3v) is 4.54. The molecular formula is C17H14F3N3. The molecule has 4 rings (SSSR count). The van der Waals surface area contributed by atoms with Crippen molar-refractivity contribution < 1.29 is 13.2 Å². The van der Waals surface area contributed by atoms with Crippen molar-refractivity contribution >= 4 is 11.3 Å². The Morgan fingerprint density at radius 3 is 2.39 bits per heavy atom. The molecule has 0 saturated heterocycles. The summed E-state index contributed by atoms with van der Waals surface area (Å²) in [5.74, 6) is 0.363. The number of rotatable bonds is 2. The normalized spacial score (nSPS) is 16.7. The zero-order valence-corrected chi connectivity index (χ0v) is 12.1. The third kappa shape index (κ3) is 2.09. The topological polar surface area (TPSA) is 43.3 Å². The van der Waals surface area contributed by atoms with Gasteiger partial charge in [-0.25, -0.2) is 4.98 Å². The minimum absolute atomic E-state index is 0.162. The molecule has 1 fully saturated rings. The fraction of sp³-hybridized carbons (Fsp3) is 0.235. The van der Waals surface area contributed by atoms with Gasteiger partial charge in [-0.15, -0.1) is 0 Å². The number of alkyl halides is 3. The molecule has 0 bridgehead atoms. The minimum Gasteiger partial charge on any atom is -0.382 e. The Morgan fingerprint density at radius 1 is 1.09 bits per heavy atom. The highest BCUT2D eigenvalue weighted by molar-refractivity contribution is 5.78. The number of hydrogen-bond acceptors (Lipinski definition) is 2. The van der Waals surface area contributed by atoms with Crippen LogP contribution in [0, 0.1) is 0 Å². The summed E-state index contributed by atoms with van der Waals surface area (Å²) in [4.78, 5) is 4.33. The highest BCUT2D eigenvalue weighted by Crippen LogP contribution is 2.58. The van der Waals surface area contributed by atoms with E-state index < -0.39 is 11.6 Å². The van der Waals surface area contributed by atoms with Crippen LogP contribution >= 0.6 is 0 Å². The van der Waals surface area contributed by atoms with Crippen molar-refractivity contribution in [2.75, 3.05) is 5.73 Å². The van der Waals surface area contributed by atoms with Crippen LogP contribution in [0.4, 0.5) is 19.0 Å². The maximum absolute atomic E-state index is 13.2. The highest BCUT2D eigenvalue weighted by Gasteiger charge is 2.64. The molecule has 118 valence electrons. The Labute approximate surface area is 130 Å². The fourth-order valence-electron chi connectivity index (χ4n) is 3.09. The summed E-state index contributed by atoms with van der Waals surface area (Å²) in [7, 11) is 0. The van der Waals surface area contributed by atoms with Crippen LogP contribution in [-0.2, 0) is 5.41 Å². The van der Waals surface area contributed by atoms with Crippen LogP contribution in [-0.4, -0.2) is 15.6 Å². The summed E-state index contributed by atoms with van der Waals surface area (Å²) >= 11 is 0. The van der Waals surface area contributed by atoms with Gasteiger partial charge in [0.05, 0.1) is 22.8 Å². The van der Waals surface area contributed by atoms with E-state index in [9.17, 15) is 13.2 Å². The van der Waals surface area contributed by atoms with Crippen LogP contribution in [0.3, 0.4) is 0 Å². The molecule has 1 saturated carbocycles. The lowest BCUT2D eigenvalue weighted by molar-refractivity contribution is -0.160. The first-order valence-corrected chi connectivity index (χ1v) is 7.32. The van der Waals surface area contributed by atoms with E-state index in [2.05, 4.69) is 4.98 Å². The largest absolute Gasteiger partial charge is 0.398 e. The molecule has 0 amide bonds. The van der Waals surface area contributed by atoms with Crippen LogP contribution < -0.4 is 5.73 Å². The van der Waals surface area contributed by atoms with Crippen LogP contribution in [0.1, 0.15) is 18.4 Å². The predicted octanol–water partition coefficient (Wildman–Crippen LogP) is 4.18. The first-order valence-electron chi connectivity index (χ1n) is 7.32. The number of benzene rings is 1. The van der Waals surface area contributed by atoms with Gasteiger partial charge in [0.25, 0.3) is 0 Å². The predicted molar refractivity (Wildman–Crippen MR) is 82.0 cm³/mol. The van der Waals surface area contributed by atoms with E-state index in [1.54, 1.807) is 30.5 Å². The number of nitrogens with zero attached hydrogens (tertiary/aromatic N) is 2. The molecule has 2 aromatic heterocycles. The van der Waals surface area contributed by atoms with Crippen LogP contribution in [0.25, 0.3) is 16.8 Å². The molecule has 1 aliphatic rings. The van der Waals surface area contributed by atoms with Crippen molar-refractivity contribution in [1.29, 1.82) is 0 Å². The molecule has 1 aliphatic carbocycles. The van der Waals surface area contributed by atoms with Crippen molar-refractivity contribution in [2.45, 2.75) is 24.4 Å². The Kier molecular flexibility index (Phi) is 2.76. The standard InChI is InChI=1S/C17H14F3N3/c18-17(19,20)16(7-8-16)12-5-3-11(4-6-12)15-13-2-1-9-23(13)10-14(21)22-15/h1-6,9-10H,7-8,21H2. The van der Waals surface area contributed by atoms with Gasteiger partial charge in [0.2, 0.25) is 0 Å². The summed E-state index contributed by atoms with van der Waals surface area (Å²) in [5, 5.41) is 0. The van der Waals surface area contributed by atoms with Gasteiger partial charge in [-0.05, 0) is 30.5 Å². The van der Waals surface area contributed by atoms with Gasteiger partial charge in [-0.3, -0.25) is 0 Å². The van der Waals surface area contributed by atoms with Gasteiger partial charge < -0.3 is 10.1 Å². The Morgan fingerprint density at radius 2 is 1.78 bits per heavy atom. The number of nitrogen functional groups attached to an aromatic ring is 1. The zero-order valence-electron chi connectivity index (χ0n) is 12.1. The maximum Gasteiger partial charge on any atom is 0.398 e. The molecular weight excluding hydrogens is 303 g/mol. The Balaban J connectivity index is 1.78. The van der Waals surface area contributed by atoms with E-state index in [-0.39, 0.29) is 12.8 Å². The summed E-state index contributed by atoms with van der Waals surface area (Å²) in [6.45, 7) is 0. The molecule has 23 heavy (non-hydrogen) atoms. The molecule has 3 aromatic rings. The molecule has 0 spiro atoms. The number of halogens is 3. The molecule has 2 heterocycles. The minimum atomic E-state index is -4.20. The number of hydrogen-bond donors (Lipinski definition) is 1. The lowest BCUT2D eigenvalue weighted by atomic mass is 9.94. The number of fused-ring (bicyclic) bond motifs is 1. The van der Waals surface area contributed by atoms with Crippen LogP contribution in [0.5, 0.6) is 0 Å². The summed E-state index contributed by atoms with van der Waals surface area (Å²) in [5.41, 5.74) is 6.76. The molecule has 0 aliphatic heterocycles. The van der Waals surface area contributed by atoms with Crippen molar-refractivity contribution in [3.8, 4) is 11.3 Å². The van der Waals surface area contributed by atoms with Crippen molar-refractivity contribution in [3.63, 3.8) is 0 Å². The van der Waals surface area contributed by atoms with Gasteiger partial charge in [-0.2, -0.15) is 13.2 Å². The van der Waals surface area contributed by atoms with E-state index in [4.69, 9.17) is 5.73 Å². The van der Waals surface area contributed by atoms with E-state index in [1.165, 1.54) is 0 Å². The lowest BCUT2D eigenvalue weighted by Crippen LogP contribution is -2.28. The van der Waals surface area contributed by atoms with E-state index in [1.807, 2.05) is 22.7 Å². The molecule has 1 aromatic carbocycles. The number of nitrogens with two attached hydrogens (primary N) is 1. The van der Waals surface area contributed by atoms with Crippen LogP contribution in [0.15, 0.2) is 48.8 Å². The quantitative estimate of drug-likeness (QED) is 0.770. The van der Waals surface area contributed by atoms with Gasteiger partial charge >= 0.3 is 6.18 Å². The average molecular weight is 317 g/mol. The molecule has 0 radical (unpaired) electrons. The first kappa shape index (κ1) is 14.1. The summed E-state index contributed by atoms with van der Waals surface area (Å²) in [6.07, 6.45) is -0.312. The Bertz CT molecular complexity index is 874. The number of anilines is 1. The highest BCUT2D eigenvalue weighted by atomic mass is 19.4. The van der Waals surface area contributed by atoms with Crippen molar-refractivity contribution in [1.82, 2.24) is 9.38 Å². The van der Waals surface area contributed by atoms with Gasteiger partial charge in [0.15, 0.2) is 0 Å². The summed E-state index contributed by atoms with van der Waals surface area (Å²) in [6, 6.07) is 10.3. The molecule has 2 N–H and O–H groups in total. The zero-order chi connectivity index (χ0) is 16.2. The van der Waals surface area contributed by atoms with Crippen molar-refractivity contribution in [2.24, 2.45) is 0 Å². The third-order valence-electron chi connectivity index (χ3n) is 4.54. The van der Waals surface area contributed by atoms with Crippen LogP contribution in [0.2, 0.25) is 0 Å². The second kappa shape index (κ2) is 4.50. The van der Waals surface area contributed by atoms with Crippen molar-refractivity contribution in [3.05, 3.63) is 54.4 Å². The average Bonchev–Trinajstić information content (AvgIpc) is 3.20. The smallest absolute Gasteiger partial charge is 0.382 e. The molecule has 3 nitrogen and oxygen atoms in total. The van der Waals surface area contributed by atoms with Gasteiger partial charge in [-0.1, -0.05) is 24.3 Å². The maximum atomic E-state index is 13.2. The van der Waals surface area contributed by atoms with E-state index in [0.717, 1.165) is 11.1 Å². The fourth-order valence-corrected chi connectivity index (χ4v) is 3.09. The number of aromatic nitrogens is 2. The van der Waals surface area contributed by atoms with Gasteiger partial charge in [0.1, 0.15) is 5.82 Å². The second-order valence-corrected chi connectivity index (χ2v) is 5.97. The first-order chi connectivity index (χ1) is 10.9. The Hall–Kier alpha value is -2.50. The van der Waals surface area contributed by atoms with Gasteiger partial charge in [0, 0.05) is 11.8 Å². The molecule has 6 heteroatoms. The summed E-state index contributed by atoms with van der Waals surface area (Å²) < 4.78 is 41.4. The molecule has 0 unspecified atom stereocenters. The monoisotopic (exact) mass is 317 g/mol. The van der Waals surface area contributed by atoms with E-state index >= 15 is 0 Å². The SMILES string of the molecule is Nc1cn2cccc2c(-c2ccc(C3(C(F)(F)F)CC3)cc2)n1. The lowest BCUT2D eigenvalue weighted by Gasteiger charge is -2.19. The van der Waals surface area contributed by atoms with E-state index in [0.29, 0.717) is 17.1 Å². The second-order valence-electron chi connectivity index (χ2n) is 5.97.